The number of hydrogen-bond donors (Lipinski definition) is 0. The summed E-state index contributed by atoms with van der Waals surface area (Å²) in [6, 6.07) is 14.3. The summed E-state index contributed by atoms with van der Waals surface area (Å²) >= 11 is 0. The third-order valence-electron chi connectivity index (χ3n) is 3.47. The normalized spacial score (nSPS) is 10.8. The minimum atomic E-state index is 0.127. The third-order valence-corrected chi connectivity index (χ3v) is 3.47. The Morgan fingerprint density at radius 2 is 1.86 bits per heavy atom. The largest absolute Gasteiger partial charge is 0.381 e. The summed E-state index contributed by atoms with van der Waals surface area (Å²) in [5.41, 5.74) is 0.997. The van der Waals surface area contributed by atoms with E-state index >= 15 is 0 Å². The van der Waals surface area contributed by atoms with Crippen molar-refractivity contribution >= 4 is 22.4 Å². The van der Waals surface area contributed by atoms with Crippen LogP contribution < -0.4 is 4.90 Å². The monoisotopic (exact) mass is 285 g/mol. The number of fused-ring (bicyclic) bond motifs is 1. The van der Waals surface area contributed by atoms with E-state index in [1.165, 1.54) is 0 Å². The highest BCUT2D eigenvalue weighted by Gasteiger charge is 2.16. The lowest BCUT2D eigenvalue weighted by Crippen LogP contribution is -2.32. The molecule has 0 heterocycles. The second kappa shape index (κ2) is 7.79. The highest BCUT2D eigenvalue weighted by Crippen LogP contribution is 2.27. The van der Waals surface area contributed by atoms with Gasteiger partial charge >= 0.3 is 0 Å². The minimum Gasteiger partial charge on any atom is -0.381 e. The molecule has 0 bridgehead atoms. The maximum absolute atomic E-state index is 12.5. The quantitative estimate of drug-likeness (QED) is 0.719. The van der Waals surface area contributed by atoms with Crippen LogP contribution in [-0.4, -0.2) is 25.7 Å². The second-order valence-electron chi connectivity index (χ2n) is 4.99. The molecular formula is C18H23NO2. The fourth-order valence-corrected chi connectivity index (χ4v) is 2.49. The van der Waals surface area contributed by atoms with Crippen LogP contribution in [0.3, 0.4) is 0 Å². The molecule has 0 aliphatic heterocycles. The lowest BCUT2D eigenvalue weighted by atomic mass is 10.1. The van der Waals surface area contributed by atoms with Gasteiger partial charge in [-0.05, 0) is 24.8 Å². The molecule has 0 aromatic heterocycles. The number of benzene rings is 2. The van der Waals surface area contributed by atoms with Gasteiger partial charge < -0.3 is 9.64 Å². The molecule has 3 heteroatoms. The van der Waals surface area contributed by atoms with E-state index in [-0.39, 0.29) is 5.91 Å². The average molecular weight is 285 g/mol. The molecule has 2 rings (SSSR count). The van der Waals surface area contributed by atoms with Crippen molar-refractivity contribution in [3.8, 4) is 0 Å². The molecule has 0 radical (unpaired) electrons. The minimum absolute atomic E-state index is 0.127. The van der Waals surface area contributed by atoms with Crippen molar-refractivity contribution in [2.75, 3.05) is 24.7 Å². The van der Waals surface area contributed by atoms with Gasteiger partial charge in [0.1, 0.15) is 0 Å². The predicted octanol–water partition coefficient (Wildman–Crippen LogP) is 4.01. The van der Waals surface area contributed by atoms with Gasteiger partial charge in [-0.3, -0.25) is 4.79 Å². The number of carbonyl (C=O) groups is 1. The summed E-state index contributed by atoms with van der Waals surface area (Å²) in [6.07, 6.45) is 1.36. The first-order chi connectivity index (χ1) is 10.3. The summed E-state index contributed by atoms with van der Waals surface area (Å²) in [7, 11) is 0. The van der Waals surface area contributed by atoms with E-state index in [2.05, 4.69) is 25.1 Å². The maximum atomic E-state index is 12.5. The van der Waals surface area contributed by atoms with Crippen LogP contribution in [0.1, 0.15) is 26.7 Å². The molecule has 3 nitrogen and oxygen atoms in total. The van der Waals surface area contributed by atoms with Crippen molar-refractivity contribution < 1.29 is 9.53 Å². The Hall–Kier alpha value is -1.87. The summed E-state index contributed by atoms with van der Waals surface area (Å²) < 4.78 is 5.31. The Labute approximate surface area is 126 Å². The summed E-state index contributed by atoms with van der Waals surface area (Å²) in [5, 5.41) is 2.28. The van der Waals surface area contributed by atoms with Crippen LogP contribution in [0.4, 0.5) is 5.69 Å². The Morgan fingerprint density at radius 3 is 2.62 bits per heavy atom. The predicted molar refractivity (Wildman–Crippen MR) is 87.7 cm³/mol. The summed E-state index contributed by atoms with van der Waals surface area (Å²) in [4.78, 5) is 14.4. The number of anilines is 1. The zero-order valence-corrected chi connectivity index (χ0v) is 12.8. The van der Waals surface area contributed by atoms with Gasteiger partial charge in [0.05, 0.1) is 18.7 Å². The molecule has 2 aromatic rings. The Bertz CT molecular complexity index is 589. The highest BCUT2D eigenvalue weighted by atomic mass is 16.5. The highest BCUT2D eigenvalue weighted by molar-refractivity contribution is 6.03. The summed E-state index contributed by atoms with van der Waals surface area (Å²) in [5.74, 6) is 0.127. The van der Waals surface area contributed by atoms with Crippen LogP contribution >= 0.6 is 0 Å². The van der Waals surface area contributed by atoms with Crippen molar-refractivity contribution in [1.29, 1.82) is 0 Å². The number of rotatable bonds is 7. The SMILES string of the molecule is CCCN(C(=O)CCOCC)c1cccc2ccccc12. The van der Waals surface area contributed by atoms with Gasteiger partial charge in [-0.2, -0.15) is 0 Å². The smallest absolute Gasteiger partial charge is 0.229 e. The number of hydrogen-bond acceptors (Lipinski definition) is 2. The van der Waals surface area contributed by atoms with Crippen LogP contribution in [0.5, 0.6) is 0 Å². The van der Waals surface area contributed by atoms with Gasteiger partial charge in [0, 0.05) is 18.5 Å². The van der Waals surface area contributed by atoms with E-state index < -0.39 is 0 Å². The average Bonchev–Trinajstić information content (AvgIpc) is 2.52. The van der Waals surface area contributed by atoms with Crippen LogP contribution in [0.25, 0.3) is 10.8 Å². The number of amides is 1. The van der Waals surface area contributed by atoms with Crippen LogP contribution in [0.15, 0.2) is 42.5 Å². The van der Waals surface area contributed by atoms with Crippen LogP contribution in [0.2, 0.25) is 0 Å². The van der Waals surface area contributed by atoms with Crippen molar-refractivity contribution in [3.63, 3.8) is 0 Å². The Morgan fingerprint density at radius 1 is 1.10 bits per heavy atom. The number of nitrogens with zero attached hydrogens (tertiary/aromatic N) is 1. The second-order valence-corrected chi connectivity index (χ2v) is 4.99. The maximum Gasteiger partial charge on any atom is 0.229 e. The Balaban J connectivity index is 2.29. The molecule has 0 unspecified atom stereocenters. The molecule has 0 aliphatic rings. The molecule has 0 saturated heterocycles. The van der Waals surface area contributed by atoms with E-state index in [9.17, 15) is 4.79 Å². The lowest BCUT2D eigenvalue weighted by Gasteiger charge is -2.24. The van der Waals surface area contributed by atoms with Crippen molar-refractivity contribution in [2.45, 2.75) is 26.7 Å². The van der Waals surface area contributed by atoms with E-state index in [0.717, 1.165) is 29.4 Å². The van der Waals surface area contributed by atoms with Gasteiger partial charge in [0.25, 0.3) is 0 Å². The fourth-order valence-electron chi connectivity index (χ4n) is 2.49. The summed E-state index contributed by atoms with van der Waals surface area (Å²) in [6.45, 7) is 5.90. The van der Waals surface area contributed by atoms with Gasteiger partial charge in [-0.25, -0.2) is 0 Å². The van der Waals surface area contributed by atoms with Crippen LogP contribution in [0, 0.1) is 0 Å². The molecule has 112 valence electrons. The standard InChI is InChI=1S/C18H23NO2/c1-3-13-19(18(20)12-14-21-4-2)17-11-7-9-15-8-5-6-10-16(15)17/h5-11H,3-4,12-14H2,1-2H3. The third kappa shape index (κ3) is 3.82. The zero-order valence-electron chi connectivity index (χ0n) is 12.8. The van der Waals surface area contributed by atoms with Gasteiger partial charge in [0.2, 0.25) is 5.91 Å². The molecular weight excluding hydrogens is 262 g/mol. The molecule has 0 N–H and O–H groups in total. The first-order valence-corrected chi connectivity index (χ1v) is 7.63. The number of carbonyl (C=O) groups excluding carboxylic acids is 1. The van der Waals surface area contributed by atoms with E-state index in [4.69, 9.17) is 4.74 Å². The van der Waals surface area contributed by atoms with Crippen molar-refractivity contribution in [3.05, 3.63) is 42.5 Å². The van der Waals surface area contributed by atoms with Crippen LogP contribution in [-0.2, 0) is 9.53 Å². The Kier molecular flexibility index (Phi) is 5.76. The first-order valence-electron chi connectivity index (χ1n) is 7.63. The molecule has 0 aliphatic carbocycles. The van der Waals surface area contributed by atoms with Gasteiger partial charge in [-0.15, -0.1) is 0 Å². The van der Waals surface area contributed by atoms with Crippen molar-refractivity contribution in [1.82, 2.24) is 0 Å². The molecule has 21 heavy (non-hydrogen) atoms. The topological polar surface area (TPSA) is 29.5 Å². The van der Waals surface area contributed by atoms with Gasteiger partial charge in [-0.1, -0.05) is 43.3 Å². The fraction of sp³-hybridized carbons (Fsp3) is 0.389. The molecule has 0 fully saturated rings. The van der Waals surface area contributed by atoms with Gasteiger partial charge in [0.15, 0.2) is 0 Å². The molecule has 0 saturated carbocycles. The van der Waals surface area contributed by atoms with E-state index in [1.54, 1.807) is 0 Å². The van der Waals surface area contributed by atoms with E-state index in [1.807, 2.05) is 36.1 Å². The molecule has 1 amide bonds. The first kappa shape index (κ1) is 15.5. The van der Waals surface area contributed by atoms with E-state index in [0.29, 0.717) is 19.6 Å². The number of ether oxygens (including phenoxy) is 1. The lowest BCUT2D eigenvalue weighted by molar-refractivity contribution is -0.119. The molecule has 0 atom stereocenters. The molecule has 2 aromatic carbocycles. The van der Waals surface area contributed by atoms with Crippen molar-refractivity contribution in [2.24, 2.45) is 0 Å². The zero-order chi connectivity index (χ0) is 15.1. The molecule has 0 spiro atoms.